The van der Waals surface area contributed by atoms with E-state index in [1.165, 1.54) is 11.1 Å². The van der Waals surface area contributed by atoms with Crippen LogP contribution in [-0.2, 0) is 4.79 Å². The summed E-state index contributed by atoms with van der Waals surface area (Å²) in [6.07, 6.45) is 0.429. The molecule has 3 nitrogen and oxygen atoms in total. The number of hydrogen-bond donors (Lipinski definition) is 2. The minimum atomic E-state index is 0.0207. The summed E-state index contributed by atoms with van der Waals surface area (Å²) >= 11 is 3.51. The molecule has 0 saturated carbocycles. The first kappa shape index (κ1) is 16.6. The zero-order valence-electron chi connectivity index (χ0n) is 13.2. The molecule has 0 aliphatic heterocycles. The van der Waals surface area contributed by atoms with Crippen molar-refractivity contribution in [2.45, 2.75) is 27.2 Å². The largest absolute Gasteiger partial charge is 0.384 e. The number of nitrogens with one attached hydrogen (secondary N) is 2. The summed E-state index contributed by atoms with van der Waals surface area (Å²) in [5.74, 6) is 0.0207. The second-order valence-electron chi connectivity index (χ2n) is 5.44. The maximum Gasteiger partial charge on any atom is 0.226 e. The van der Waals surface area contributed by atoms with Gasteiger partial charge in [0, 0.05) is 28.8 Å². The topological polar surface area (TPSA) is 41.1 Å². The molecular weight excluding hydrogens is 340 g/mol. The van der Waals surface area contributed by atoms with Gasteiger partial charge >= 0.3 is 0 Å². The van der Waals surface area contributed by atoms with Gasteiger partial charge in [-0.3, -0.25) is 4.79 Å². The Hall–Kier alpha value is -1.81. The number of carbonyl (C=O) groups excluding carboxylic acids is 1. The van der Waals surface area contributed by atoms with Crippen LogP contribution in [0.25, 0.3) is 0 Å². The maximum atomic E-state index is 12.0. The second-order valence-corrected chi connectivity index (χ2v) is 6.29. The summed E-state index contributed by atoms with van der Waals surface area (Å²) in [6, 6.07) is 12.0. The van der Waals surface area contributed by atoms with Crippen LogP contribution in [0.5, 0.6) is 0 Å². The molecule has 0 aliphatic rings. The quantitative estimate of drug-likeness (QED) is 0.802. The van der Waals surface area contributed by atoms with E-state index in [2.05, 4.69) is 26.6 Å². The number of hydrogen-bond acceptors (Lipinski definition) is 2. The van der Waals surface area contributed by atoms with Crippen LogP contribution in [0.4, 0.5) is 11.4 Å². The third-order valence-corrected chi connectivity index (χ3v) is 4.59. The molecule has 0 aliphatic carbocycles. The molecule has 0 atom stereocenters. The molecule has 0 heterocycles. The highest BCUT2D eigenvalue weighted by atomic mass is 79.9. The van der Waals surface area contributed by atoms with E-state index in [0.29, 0.717) is 13.0 Å². The van der Waals surface area contributed by atoms with Crippen molar-refractivity contribution in [3.8, 4) is 0 Å². The van der Waals surface area contributed by atoms with Crippen molar-refractivity contribution in [2.24, 2.45) is 0 Å². The van der Waals surface area contributed by atoms with Gasteiger partial charge in [-0.1, -0.05) is 34.1 Å². The van der Waals surface area contributed by atoms with Gasteiger partial charge < -0.3 is 10.6 Å². The third-order valence-electron chi connectivity index (χ3n) is 3.73. The van der Waals surface area contributed by atoms with E-state index in [1.54, 1.807) is 0 Å². The number of carbonyl (C=O) groups is 1. The van der Waals surface area contributed by atoms with Gasteiger partial charge in [0.1, 0.15) is 0 Å². The molecule has 0 spiro atoms. The minimum Gasteiger partial charge on any atom is -0.384 e. The average molecular weight is 361 g/mol. The summed E-state index contributed by atoms with van der Waals surface area (Å²) in [4.78, 5) is 12.0. The first-order valence-corrected chi connectivity index (χ1v) is 8.13. The summed E-state index contributed by atoms with van der Waals surface area (Å²) < 4.78 is 1.07. The summed E-state index contributed by atoms with van der Waals surface area (Å²) in [5.41, 5.74) is 5.39. The normalized spacial score (nSPS) is 10.4. The molecule has 0 bridgehead atoms. The lowest BCUT2D eigenvalue weighted by Crippen LogP contribution is -2.17. The van der Waals surface area contributed by atoms with Crippen LogP contribution in [-0.4, -0.2) is 12.5 Å². The Bertz CT molecular complexity index is 683. The Balaban J connectivity index is 1.85. The van der Waals surface area contributed by atoms with Gasteiger partial charge in [0.05, 0.1) is 0 Å². The molecule has 2 aromatic rings. The number of aryl methyl sites for hydroxylation is 2. The van der Waals surface area contributed by atoms with Crippen LogP contribution < -0.4 is 10.6 Å². The van der Waals surface area contributed by atoms with Crippen molar-refractivity contribution in [3.63, 3.8) is 0 Å². The summed E-state index contributed by atoms with van der Waals surface area (Å²) in [7, 11) is 0. The molecule has 1 amide bonds. The SMILES string of the molecule is Cc1ccc(NCCC(=O)Nc2cccc(C)c2C)cc1Br. The number of anilines is 2. The predicted molar refractivity (Wildman–Crippen MR) is 96.5 cm³/mol. The van der Waals surface area contributed by atoms with E-state index in [9.17, 15) is 4.79 Å². The van der Waals surface area contributed by atoms with E-state index in [0.717, 1.165) is 21.4 Å². The Morgan fingerprint density at radius 2 is 1.86 bits per heavy atom. The van der Waals surface area contributed by atoms with E-state index in [-0.39, 0.29) is 5.91 Å². The van der Waals surface area contributed by atoms with Gasteiger partial charge in [0.25, 0.3) is 0 Å². The average Bonchev–Trinajstić information content (AvgIpc) is 2.48. The third kappa shape index (κ3) is 4.34. The molecular formula is C18H21BrN2O. The van der Waals surface area contributed by atoms with Crippen molar-refractivity contribution in [3.05, 3.63) is 57.6 Å². The van der Waals surface area contributed by atoms with E-state index < -0.39 is 0 Å². The Kier molecular flexibility index (Phi) is 5.61. The Morgan fingerprint density at radius 1 is 1.09 bits per heavy atom. The molecule has 116 valence electrons. The molecule has 0 aromatic heterocycles. The van der Waals surface area contributed by atoms with E-state index >= 15 is 0 Å². The highest BCUT2D eigenvalue weighted by Crippen LogP contribution is 2.21. The monoisotopic (exact) mass is 360 g/mol. The molecule has 2 rings (SSSR count). The van der Waals surface area contributed by atoms with Crippen LogP contribution in [0, 0.1) is 20.8 Å². The van der Waals surface area contributed by atoms with Crippen molar-refractivity contribution >= 4 is 33.2 Å². The Labute approximate surface area is 140 Å². The molecule has 0 radical (unpaired) electrons. The molecule has 4 heteroatoms. The lowest BCUT2D eigenvalue weighted by atomic mass is 10.1. The fourth-order valence-corrected chi connectivity index (χ4v) is 2.50. The summed E-state index contributed by atoms with van der Waals surface area (Å²) in [5, 5.41) is 6.23. The minimum absolute atomic E-state index is 0.0207. The van der Waals surface area contributed by atoms with Crippen LogP contribution >= 0.6 is 15.9 Å². The van der Waals surface area contributed by atoms with Gasteiger partial charge in [-0.05, 0) is 55.7 Å². The van der Waals surface area contributed by atoms with E-state index in [1.807, 2.05) is 57.2 Å². The van der Waals surface area contributed by atoms with Crippen molar-refractivity contribution in [1.29, 1.82) is 0 Å². The molecule has 0 unspecified atom stereocenters. The fraction of sp³-hybridized carbons (Fsp3) is 0.278. The van der Waals surface area contributed by atoms with Crippen LogP contribution in [0.15, 0.2) is 40.9 Å². The summed E-state index contributed by atoms with van der Waals surface area (Å²) in [6.45, 7) is 6.71. The van der Waals surface area contributed by atoms with Gasteiger partial charge in [-0.2, -0.15) is 0 Å². The molecule has 0 saturated heterocycles. The lowest BCUT2D eigenvalue weighted by Gasteiger charge is -2.11. The number of amides is 1. The fourth-order valence-electron chi connectivity index (χ4n) is 2.12. The second kappa shape index (κ2) is 7.45. The van der Waals surface area contributed by atoms with Gasteiger partial charge in [-0.15, -0.1) is 0 Å². The molecule has 0 fully saturated rings. The van der Waals surface area contributed by atoms with Crippen molar-refractivity contribution in [1.82, 2.24) is 0 Å². The highest BCUT2D eigenvalue weighted by molar-refractivity contribution is 9.10. The Morgan fingerprint density at radius 3 is 2.59 bits per heavy atom. The highest BCUT2D eigenvalue weighted by Gasteiger charge is 2.06. The van der Waals surface area contributed by atoms with Crippen molar-refractivity contribution < 1.29 is 4.79 Å². The first-order valence-electron chi connectivity index (χ1n) is 7.33. The zero-order chi connectivity index (χ0) is 16.1. The lowest BCUT2D eigenvalue weighted by molar-refractivity contribution is -0.115. The van der Waals surface area contributed by atoms with Gasteiger partial charge in [-0.25, -0.2) is 0 Å². The van der Waals surface area contributed by atoms with Crippen LogP contribution in [0.3, 0.4) is 0 Å². The van der Waals surface area contributed by atoms with Crippen molar-refractivity contribution in [2.75, 3.05) is 17.2 Å². The predicted octanol–water partition coefficient (Wildman–Crippen LogP) is 4.82. The molecule has 2 aromatic carbocycles. The van der Waals surface area contributed by atoms with Gasteiger partial charge in [0.15, 0.2) is 0 Å². The van der Waals surface area contributed by atoms with E-state index in [4.69, 9.17) is 0 Å². The van der Waals surface area contributed by atoms with Gasteiger partial charge in [0.2, 0.25) is 5.91 Å². The number of rotatable bonds is 5. The number of halogens is 1. The molecule has 22 heavy (non-hydrogen) atoms. The first-order chi connectivity index (χ1) is 10.5. The number of benzene rings is 2. The smallest absolute Gasteiger partial charge is 0.226 e. The maximum absolute atomic E-state index is 12.0. The standard InChI is InChI=1S/C18H21BrN2O/c1-12-5-4-6-17(14(12)3)21-18(22)9-10-20-15-8-7-13(2)16(19)11-15/h4-8,11,20H,9-10H2,1-3H3,(H,21,22). The zero-order valence-corrected chi connectivity index (χ0v) is 14.8. The molecule has 2 N–H and O–H groups in total. The van der Waals surface area contributed by atoms with Crippen LogP contribution in [0.1, 0.15) is 23.1 Å². The van der Waals surface area contributed by atoms with Crippen LogP contribution in [0.2, 0.25) is 0 Å².